The Morgan fingerprint density at radius 3 is 2.50 bits per heavy atom. The smallest absolute Gasteiger partial charge is 0.236 e. The highest BCUT2D eigenvalue weighted by Gasteiger charge is 2.49. The van der Waals surface area contributed by atoms with E-state index in [1.54, 1.807) is 18.2 Å². The molecule has 3 fully saturated rings. The van der Waals surface area contributed by atoms with E-state index < -0.39 is 0 Å². The molecular formula is C29H34FN3O3. The molecule has 5 rings (SSSR count). The van der Waals surface area contributed by atoms with Crippen LogP contribution in [-0.4, -0.2) is 96.9 Å². The van der Waals surface area contributed by atoms with Gasteiger partial charge in [-0.15, -0.1) is 0 Å². The van der Waals surface area contributed by atoms with Crippen molar-refractivity contribution in [1.29, 1.82) is 0 Å². The van der Waals surface area contributed by atoms with Gasteiger partial charge in [-0.25, -0.2) is 4.39 Å². The number of aliphatic hydroxyl groups excluding tert-OH is 1. The molecule has 0 bridgehead atoms. The number of ether oxygens (including phenoxy) is 1. The third-order valence-corrected chi connectivity index (χ3v) is 7.70. The molecule has 3 atom stereocenters. The van der Waals surface area contributed by atoms with Crippen molar-refractivity contribution in [3.8, 4) is 11.8 Å². The number of nitrogens with zero attached hydrogens (tertiary/aromatic N) is 3. The molecule has 3 heterocycles. The Labute approximate surface area is 212 Å². The summed E-state index contributed by atoms with van der Waals surface area (Å²) in [5.41, 5.74) is 2.35. The molecule has 7 heteroatoms. The first-order valence-corrected chi connectivity index (χ1v) is 12.9. The second-order valence-corrected chi connectivity index (χ2v) is 9.87. The second kappa shape index (κ2) is 11.5. The molecule has 0 spiro atoms. The highest BCUT2D eigenvalue weighted by atomic mass is 19.1. The molecule has 2 aromatic rings. The molecule has 2 aromatic carbocycles. The third kappa shape index (κ3) is 5.47. The first-order valence-electron chi connectivity index (χ1n) is 12.9. The van der Waals surface area contributed by atoms with Crippen LogP contribution in [0.25, 0.3) is 0 Å². The molecule has 6 nitrogen and oxygen atoms in total. The van der Waals surface area contributed by atoms with Gasteiger partial charge in [0.05, 0.1) is 31.9 Å². The number of carbonyl (C=O) groups excluding carboxylic acids is 1. The van der Waals surface area contributed by atoms with Crippen LogP contribution in [0.3, 0.4) is 0 Å². The fourth-order valence-electron chi connectivity index (χ4n) is 5.71. The van der Waals surface area contributed by atoms with E-state index in [2.05, 4.69) is 33.8 Å². The number of rotatable bonds is 4. The van der Waals surface area contributed by atoms with E-state index in [0.29, 0.717) is 31.9 Å². The number of carbonyl (C=O) groups is 1. The Kier molecular flexibility index (Phi) is 7.98. The van der Waals surface area contributed by atoms with Crippen molar-refractivity contribution in [2.75, 3.05) is 59.1 Å². The minimum Gasteiger partial charge on any atom is -0.395 e. The molecule has 3 aliphatic rings. The van der Waals surface area contributed by atoms with Crippen LogP contribution in [0.1, 0.15) is 35.4 Å². The van der Waals surface area contributed by atoms with Crippen molar-refractivity contribution >= 4 is 5.91 Å². The van der Waals surface area contributed by atoms with Gasteiger partial charge in [0.1, 0.15) is 5.82 Å². The fraction of sp³-hybridized carbons (Fsp3) is 0.483. The molecule has 0 aromatic heterocycles. The van der Waals surface area contributed by atoms with E-state index in [9.17, 15) is 14.3 Å². The van der Waals surface area contributed by atoms with Crippen molar-refractivity contribution in [3.63, 3.8) is 0 Å². The van der Waals surface area contributed by atoms with Crippen LogP contribution in [0.15, 0.2) is 48.5 Å². The summed E-state index contributed by atoms with van der Waals surface area (Å²) in [5.74, 6) is 5.97. The van der Waals surface area contributed by atoms with E-state index in [1.807, 2.05) is 17.0 Å². The predicted molar refractivity (Wildman–Crippen MR) is 136 cm³/mol. The van der Waals surface area contributed by atoms with Crippen molar-refractivity contribution in [1.82, 2.24) is 14.7 Å². The lowest BCUT2D eigenvalue weighted by Gasteiger charge is -2.57. The first-order chi connectivity index (χ1) is 17.6. The number of aliphatic hydroxyl groups is 1. The molecule has 190 valence electrons. The first kappa shape index (κ1) is 24.9. The summed E-state index contributed by atoms with van der Waals surface area (Å²) >= 11 is 0. The van der Waals surface area contributed by atoms with Crippen molar-refractivity contribution in [3.05, 3.63) is 71.0 Å². The van der Waals surface area contributed by atoms with Gasteiger partial charge in [0, 0.05) is 49.7 Å². The summed E-state index contributed by atoms with van der Waals surface area (Å²) in [6.07, 6.45) is 2.00. The zero-order valence-electron chi connectivity index (χ0n) is 20.6. The lowest BCUT2D eigenvalue weighted by molar-refractivity contribution is -0.138. The number of halogens is 1. The molecule has 0 radical (unpaired) electrons. The van der Waals surface area contributed by atoms with Crippen LogP contribution in [0.5, 0.6) is 0 Å². The van der Waals surface area contributed by atoms with Gasteiger partial charge >= 0.3 is 0 Å². The number of fused-ring (bicyclic) bond motifs is 1. The molecule has 36 heavy (non-hydrogen) atoms. The number of benzene rings is 2. The molecule has 1 N–H and O–H groups in total. The lowest BCUT2D eigenvalue weighted by Crippen LogP contribution is -2.68. The Balaban J connectivity index is 1.30. The SMILES string of the molecule is O=C(CN1CCOCC1)N1CCCCN2[C@H](C1)[C@@H](c1ccc(C#Cc3ccccc3F)cc1)[C@@H]2CO. The number of hydrogen-bond donors (Lipinski definition) is 1. The van der Waals surface area contributed by atoms with Crippen LogP contribution >= 0.6 is 0 Å². The van der Waals surface area contributed by atoms with Gasteiger partial charge in [0.25, 0.3) is 0 Å². The maximum absolute atomic E-state index is 13.9. The Morgan fingerprint density at radius 1 is 1.00 bits per heavy atom. The summed E-state index contributed by atoms with van der Waals surface area (Å²) in [5, 5.41) is 10.2. The summed E-state index contributed by atoms with van der Waals surface area (Å²) in [6.45, 7) is 5.93. The number of amides is 1. The minimum absolute atomic E-state index is 0.0552. The van der Waals surface area contributed by atoms with Crippen LogP contribution in [-0.2, 0) is 9.53 Å². The van der Waals surface area contributed by atoms with Crippen LogP contribution in [0, 0.1) is 17.7 Å². The summed E-state index contributed by atoms with van der Waals surface area (Å²) in [4.78, 5) is 19.8. The van der Waals surface area contributed by atoms with E-state index in [4.69, 9.17) is 4.74 Å². The quantitative estimate of drug-likeness (QED) is 0.666. The monoisotopic (exact) mass is 491 g/mol. The van der Waals surface area contributed by atoms with Gasteiger partial charge in [0.15, 0.2) is 0 Å². The standard InChI is InChI=1S/C29H34FN3O3/c30-25-6-2-1-5-23(25)10-7-22-8-11-24(12-9-22)29-26-19-32(13-3-4-14-33(26)27(29)21-34)28(35)20-31-15-17-36-18-16-31/h1-2,5-6,8-9,11-12,26-27,29,34H,3-4,13-21H2/t26-,27+,29-/m1/s1. The van der Waals surface area contributed by atoms with Gasteiger partial charge in [-0.3, -0.25) is 14.6 Å². The van der Waals surface area contributed by atoms with Crippen LogP contribution < -0.4 is 0 Å². The molecule has 1 amide bonds. The van der Waals surface area contributed by atoms with Gasteiger partial charge in [-0.1, -0.05) is 36.1 Å². The molecule has 3 saturated heterocycles. The average molecular weight is 492 g/mol. The summed E-state index contributed by atoms with van der Waals surface area (Å²) in [6, 6.07) is 14.8. The predicted octanol–water partition coefficient (Wildman–Crippen LogP) is 2.31. The summed E-state index contributed by atoms with van der Waals surface area (Å²) in [7, 11) is 0. The van der Waals surface area contributed by atoms with Crippen molar-refractivity contribution in [2.45, 2.75) is 30.8 Å². The molecule has 0 unspecified atom stereocenters. The van der Waals surface area contributed by atoms with E-state index in [-0.39, 0.29) is 36.3 Å². The summed E-state index contributed by atoms with van der Waals surface area (Å²) < 4.78 is 19.3. The third-order valence-electron chi connectivity index (χ3n) is 7.70. The minimum atomic E-state index is -0.320. The zero-order chi connectivity index (χ0) is 24.9. The fourth-order valence-corrected chi connectivity index (χ4v) is 5.71. The normalized spacial score (nSPS) is 25.1. The molecule has 0 aliphatic carbocycles. The molecule has 0 saturated carbocycles. The lowest BCUT2D eigenvalue weighted by atomic mass is 9.74. The van der Waals surface area contributed by atoms with Crippen LogP contribution in [0.4, 0.5) is 4.39 Å². The topological polar surface area (TPSA) is 56.2 Å². The maximum Gasteiger partial charge on any atom is 0.236 e. The highest BCUT2D eigenvalue weighted by molar-refractivity contribution is 5.78. The average Bonchev–Trinajstić information content (AvgIpc) is 2.88. The Bertz CT molecular complexity index is 1110. The van der Waals surface area contributed by atoms with E-state index in [0.717, 1.165) is 50.1 Å². The zero-order valence-corrected chi connectivity index (χ0v) is 20.6. The molecule has 3 aliphatic heterocycles. The number of morpholine rings is 1. The second-order valence-electron chi connectivity index (χ2n) is 9.87. The maximum atomic E-state index is 13.9. The Hall–Kier alpha value is -2.76. The van der Waals surface area contributed by atoms with Gasteiger partial charge < -0.3 is 14.7 Å². The largest absolute Gasteiger partial charge is 0.395 e. The van der Waals surface area contributed by atoms with Crippen molar-refractivity contribution < 1.29 is 19.0 Å². The molecular weight excluding hydrogens is 457 g/mol. The van der Waals surface area contributed by atoms with Crippen molar-refractivity contribution in [2.24, 2.45) is 0 Å². The van der Waals surface area contributed by atoms with Crippen LogP contribution in [0.2, 0.25) is 0 Å². The van der Waals surface area contributed by atoms with E-state index in [1.165, 1.54) is 6.07 Å². The van der Waals surface area contributed by atoms with Gasteiger partial charge in [0.2, 0.25) is 5.91 Å². The number of hydrogen-bond acceptors (Lipinski definition) is 5. The highest BCUT2D eigenvalue weighted by Crippen LogP contribution is 2.42. The van der Waals surface area contributed by atoms with E-state index >= 15 is 0 Å². The van der Waals surface area contributed by atoms with Gasteiger partial charge in [-0.2, -0.15) is 0 Å². The Morgan fingerprint density at radius 2 is 1.75 bits per heavy atom. The van der Waals surface area contributed by atoms with Gasteiger partial charge in [-0.05, 0) is 49.2 Å².